The number of hydrogen-bond donors (Lipinski definition) is 2. The van der Waals surface area contributed by atoms with Crippen molar-refractivity contribution >= 4 is 33.9 Å². The molecular weight excluding hydrogens is 401 g/mol. The molecular formula is C22H28FN5OS. The number of halogens is 1. The van der Waals surface area contributed by atoms with Crippen LogP contribution in [0, 0.1) is 5.82 Å². The number of nitrogens with zero attached hydrogens (tertiary/aromatic N) is 3. The standard InChI is InChI=1S/C19H19FN4OS.C3H9N/c1-23-11-16(15-5-3-13(20)7-17(15)23)12-9-24(10-12)19(26)22-14-4-6-18(25-2)21-8-14;1-3(2)4/h3-8,11-12H,9-10H2,1-2H3,(H,22,26);3H,4H2,1-2H3. The molecule has 160 valence electrons. The van der Waals surface area contributed by atoms with Crippen LogP contribution >= 0.6 is 12.2 Å². The van der Waals surface area contributed by atoms with Crippen LogP contribution in [0.25, 0.3) is 10.9 Å². The van der Waals surface area contributed by atoms with Gasteiger partial charge in [0.05, 0.1) is 24.5 Å². The van der Waals surface area contributed by atoms with E-state index < -0.39 is 0 Å². The summed E-state index contributed by atoms with van der Waals surface area (Å²) in [7, 11) is 3.53. The first-order valence-corrected chi connectivity index (χ1v) is 10.2. The van der Waals surface area contributed by atoms with Crippen molar-refractivity contribution in [2.24, 2.45) is 12.8 Å². The van der Waals surface area contributed by atoms with Gasteiger partial charge in [0.2, 0.25) is 5.88 Å². The number of fused-ring (bicyclic) bond motifs is 1. The summed E-state index contributed by atoms with van der Waals surface area (Å²) >= 11 is 5.49. The molecule has 3 aromatic rings. The van der Waals surface area contributed by atoms with Crippen molar-refractivity contribution in [3.63, 3.8) is 0 Å². The van der Waals surface area contributed by atoms with Gasteiger partial charge in [-0.3, -0.25) is 0 Å². The van der Waals surface area contributed by atoms with Crippen LogP contribution in [-0.2, 0) is 7.05 Å². The summed E-state index contributed by atoms with van der Waals surface area (Å²) in [5.74, 6) is 0.745. The highest BCUT2D eigenvalue weighted by Gasteiger charge is 2.32. The Morgan fingerprint density at radius 1 is 1.30 bits per heavy atom. The molecule has 30 heavy (non-hydrogen) atoms. The van der Waals surface area contributed by atoms with Crippen molar-refractivity contribution in [1.82, 2.24) is 14.5 Å². The molecule has 0 aliphatic carbocycles. The minimum absolute atomic E-state index is 0.209. The van der Waals surface area contributed by atoms with Crippen LogP contribution in [0.3, 0.4) is 0 Å². The zero-order valence-corrected chi connectivity index (χ0v) is 18.5. The molecule has 1 saturated heterocycles. The molecule has 0 spiro atoms. The predicted octanol–water partition coefficient (Wildman–Crippen LogP) is 3.87. The summed E-state index contributed by atoms with van der Waals surface area (Å²) < 4.78 is 20.5. The number of thiocarbonyl (C=S) groups is 1. The highest BCUT2D eigenvalue weighted by atomic mass is 32.1. The summed E-state index contributed by atoms with van der Waals surface area (Å²) in [4.78, 5) is 6.28. The van der Waals surface area contributed by atoms with E-state index in [4.69, 9.17) is 22.7 Å². The summed E-state index contributed by atoms with van der Waals surface area (Å²) in [6.45, 7) is 5.57. The second kappa shape index (κ2) is 9.40. The first-order valence-electron chi connectivity index (χ1n) is 9.84. The Kier molecular flexibility index (Phi) is 6.89. The van der Waals surface area contributed by atoms with Gasteiger partial charge in [-0.05, 0) is 48.1 Å². The Morgan fingerprint density at radius 2 is 2.00 bits per heavy atom. The lowest BCUT2D eigenvalue weighted by atomic mass is 9.91. The van der Waals surface area contributed by atoms with E-state index in [9.17, 15) is 4.39 Å². The highest BCUT2D eigenvalue weighted by Crippen LogP contribution is 2.34. The van der Waals surface area contributed by atoms with Gasteiger partial charge in [0, 0.05) is 43.7 Å². The number of ether oxygens (including phenoxy) is 1. The lowest BCUT2D eigenvalue weighted by Crippen LogP contribution is -2.50. The average molecular weight is 430 g/mol. The Hall–Kier alpha value is -2.71. The zero-order chi connectivity index (χ0) is 21.8. The minimum Gasteiger partial charge on any atom is -0.481 e. The Bertz CT molecular complexity index is 1010. The molecule has 1 aliphatic rings. The Balaban J connectivity index is 0.000000589. The van der Waals surface area contributed by atoms with Gasteiger partial charge in [-0.2, -0.15) is 0 Å². The molecule has 0 amide bonds. The van der Waals surface area contributed by atoms with E-state index in [1.807, 2.05) is 37.6 Å². The Labute approximate surface area is 181 Å². The second-order valence-corrected chi connectivity index (χ2v) is 8.11. The molecule has 0 saturated carbocycles. The summed E-state index contributed by atoms with van der Waals surface area (Å²) in [5, 5.41) is 4.99. The third-order valence-electron chi connectivity index (χ3n) is 4.79. The average Bonchev–Trinajstić information content (AvgIpc) is 2.96. The van der Waals surface area contributed by atoms with Crippen LogP contribution in [0.2, 0.25) is 0 Å². The lowest BCUT2D eigenvalue weighted by molar-refractivity contribution is 0.257. The monoisotopic (exact) mass is 429 g/mol. The van der Waals surface area contributed by atoms with E-state index >= 15 is 0 Å². The topological polar surface area (TPSA) is 68.3 Å². The van der Waals surface area contributed by atoms with Crippen molar-refractivity contribution in [3.8, 4) is 5.88 Å². The molecule has 2 aromatic heterocycles. The van der Waals surface area contributed by atoms with Gasteiger partial charge in [-0.25, -0.2) is 9.37 Å². The number of benzene rings is 1. The van der Waals surface area contributed by atoms with Crippen LogP contribution in [-0.4, -0.2) is 45.8 Å². The van der Waals surface area contributed by atoms with Gasteiger partial charge in [-0.1, -0.05) is 13.8 Å². The molecule has 8 heteroatoms. The number of pyridine rings is 1. The normalized spacial score (nSPS) is 13.6. The third kappa shape index (κ3) is 5.06. The van der Waals surface area contributed by atoms with Gasteiger partial charge >= 0.3 is 0 Å². The number of nitrogens with one attached hydrogen (secondary N) is 1. The van der Waals surface area contributed by atoms with Crippen molar-refractivity contribution in [1.29, 1.82) is 0 Å². The molecule has 0 unspecified atom stereocenters. The van der Waals surface area contributed by atoms with Crippen LogP contribution in [0.1, 0.15) is 25.3 Å². The molecule has 6 nitrogen and oxygen atoms in total. The first-order chi connectivity index (χ1) is 14.3. The van der Waals surface area contributed by atoms with E-state index in [0.717, 1.165) is 29.7 Å². The number of aryl methyl sites for hydroxylation is 1. The second-order valence-electron chi connectivity index (χ2n) is 7.72. The maximum absolute atomic E-state index is 13.5. The molecule has 0 atom stereocenters. The van der Waals surface area contributed by atoms with Gasteiger partial charge in [0.25, 0.3) is 0 Å². The minimum atomic E-state index is -0.209. The molecule has 3 N–H and O–H groups in total. The molecule has 3 heterocycles. The molecule has 1 aliphatic heterocycles. The smallest absolute Gasteiger partial charge is 0.213 e. The first kappa shape index (κ1) is 22.0. The highest BCUT2D eigenvalue weighted by molar-refractivity contribution is 7.80. The number of methoxy groups -OCH3 is 1. The van der Waals surface area contributed by atoms with Crippen molar-refractivity contribution in [2.45, 2.75) is 25.8 Å². The van der Waals surface area contributed by atoms with E-state index in [1.165, 1.54) is 11.6 Å². The van der Waals surface area contributed by atoms with Gasteiger partial charge < -0.3 is 25.3 Å². The molecule has 4 rings (SSSR count). The molecule has 0 radical (unpaired) electrons. The van der Waals surface area contributed by atoms with Gasteiger partial charge in [-0.15, -0.1) is 0 Å². The number of aromatic nitrogens is 2. The third-order valence-corrected chi connectivity index (χ3v) is 5.15. The quantitative estimate of drug-likeness (QED) is 0.616. The number of likely N-dealkylation sites (tertiary alicyclic amines) is 1. The molecule has 1 fully saturated rings. The van der Waals surface area contributed by atoms with Gasteiger partial charge in [0.15, 0.2) is 5.11 Å². The van der Waals surface area contributed by atoms with Crippen molar-refractivity contribution in [2.75, 3.05) is 25.5 Å². The maximum atomic E-state index is 13.5. The summed E-state index contributed by atoms with van der Waals surface area (Å²) in [6.07, 6.45) is 3.79. The fourth-order valence-corrected chi connectivity index (χ4v) is 3.60. The number of nitrogens with two attached hydrogens (primary N) is 1. The van der Waals surface area contributed by atoms with Gasteiger partial charge in [0.1, 0.15) is 5.82 Å². The zero-order valence-electron chi connectivity index (χ0n) is 17.7. The van der Waals surface area contributed by atoms with Crippen LogP contribution in [0.15, 0.2) is 42.7 Å². The summed E-state index contributed by atoms with van der Waals surface area (Å²) in [5.41, 5.74) is 8.11. The van der Waals surface area contributed by atoms with Crippen molar-refractivity contribution < 1.29 is 9.13 Å². The fraction of sp³-hybridized carbons (Fsp3) is 0.364. The predicted molar refractivity (Wildman–Crippen MR) is 124 cm³/mol. The fourth-order valence-electron chi connectivity index (χ4n) is 3.33. The summed E-state index contributed by atoms with van der Waals surface area (Å²) in [6, 6.07) is 8.97. The van der Waals surface area contributed by atoms with Crippen LogP contribution in [0.5, 0.6) is 5.88 Å². The van der Waals surface area contributed by atoms with E-state index in [0.29, 0.717) is 23.0 Å². The SMILES string of the molecule is CC(C)N.COc1ccc(NC(=S)N2CC(c3cn(C)c4cc(F)ccc34)C2)cn1. The van der Waals surface area contributed by atoms with Crippen LogP contribution in [0.4, 0.5) is 10.1 Å². The molecule has 0 bridgehead atoms. The van der Waals surface area contributed by atoms with E-state index in [2.05, 4.69) is 21.4 Å². The van der Waals surface area contributed by atoms with E-state index in [1.54, 1.807) is 25.4 Å². The largest absolute Gasteiger partial charge is 0.481 e. The van der Waals surface area contributed by atoms with Crippen LogP contribution < -0.4 is 15.8 Å². The number of hydrogen-bond acceptors (Lipinski definition) is 4. The number of rotatable bonds is 3. The maximum Gasteiger partial charge on any atom is 0.213 e. The number of anilines is 1. The van der Waals surface area contributed by atoms with E-state index in [-0.39, 0.29) is 5.82 Å². The Morgan fingerprint density at radius 3 is 2.60 bits per heavy atom. The van der Waals surface area contributed by atoms with Crippen molar-refractivity contribution in [3.05, 3.63) is 54.1 Å². The molecule has 1 aromatic carbocycles. The lowest BCUT2D eigenvalue weighted by Gasteiger charge is -2.41.